The molecule has 0 aromatic rings. The molecule has 13 heavy (non-hydrogen) atoms. The Morgan fingerprint density at radius 1 is 1.54 bits per heavy atom. The van der Waals surface area contributed by atoms with Gasteiger partial charge in [0, 0.05) is 0 Å². The fourth-order valence-electron chi connectivity index (χ4n) is 1.81. The van der Waals surface area contributed by atoms with Crippen LogP contribution in [0.2, 0.25) is 0 Å². The second kappa shape index (κ2) is 3.58. The third kappa shape index (κ3) is 2.37. The van der Waals surface area contributed by atoms with Gasteiger partial charge in [-0.15, -0.1) is 0 Å². The van der Waals surface area contributed by atoms with Gasteiger partial charge < -0.3 is 0 Å². The topological polar surface area (TPSA) is 37.4 Å². The lowest BCUT2D eigenvalue weighted by atomic mass is 9.78. The van der Waals surface area contributed by atoms with Crippen molar-refractivity contribution in [3.05, 3.63) is 0 Å². The molecule has 1 heterocycles. The lowest BCUT2D eigenvalue weighted by molar-refractivity contribution is -0.135. The zero-order valence-electron chi connectivity index (χ0n) is 8.54. The van der Waals surface area contributed by atoms with Crippen LogP contribution < -0.4 is 0 Å². The number of hydrogen-bond donors (Lipinski definition) is 0. The summed E-state index contributed by atoms with van der Waals surface area (Å²) < 4.78 is 0. The summed E-state index contributed by atoms with van der Waals surface area (Å²) in [7, 11) is 1.90. The monoisotopic (exact) mass is 183 g/mol. The summed E-state index contributed by atoms with van der Waals surface area (Å²) in [6.07, 6.45) is 2.33. The molecule has 3 nitrogen and oxygen atoms in total. The molecular weight excluding hydrogens is 166 g/mol. The largest absolute Gasteiger partial charge is 0.296 e. The number of rotatable bonds is 2. The molecule has 1 aliphatic rings. The smallest absolute Gasteiger partial charge is 0.212 e. The number of aldehydes is 1. The SMILES string of the molecule is CN1CCC(C)(C)CC1C(=O)C=O. The van der Waals surface area contributed by atoms with Gasteiger partial charge in [0.2, 0.25) is 5.78 Å². The van der Waals surface area contributed by atoms with E-state index in [1.165, 1.54) is 0 Å². The number of piperidine rings is 1. The quantitative estimate of drug-likeness (QED) is 0.471. The summed E-state index contributed by atoms with van der Waals surface area (Å²) in [5.41, 5.74) is 0.190. The predicted molar refractivity (Wildman–Crippen MR) is 50.5 cm³/mol. The Morgan fingerprint density at radius 3 is 2.69 bits per heavy atom. The Morgan fingerprint density at radius 2 is 2.15 bits per heavy atom. The zero-order valence-corrected chi connectivity index (χ0v) is 8.54. The lowest BCUT2D eigenvalue weighted by Crippen LogP contribution is -2.47. The normalized spacial score (nSPS) is 28.4. The highest BCUT2D eigenvalue weighted by atomic mass is 16.2. The van der Waals surface area contributed by atoms with Crippen LogP contribution in [0.3, 0.4) is 0 Å². The summed E-state index contributed by atoms with van der Waals surface area (Å²) in [5, 5.41) is 0. The van der Waals surface area contributed by atoms with Crippen LogP contribution in [0.5, 0.6) is 0 Å². The van der Waals surface area contributed by atoms with Crippen molar-refractivity contribution >= 4 is 12.1 Å². The number of likely N-dealkylation sites (tertiary alicyclic amines) is 1. The molecule has 0 aliphatic carbocycles. The van der Waals surface area contributed by atoms with Gasteiger partial charge in [0.15, 0.2) is 6.29 Å². The summed E-state index contributed by atoms with van der Waals surface area (Å²) in [6, 6.07) is -0.193. The Labute approximate surface area is 79.1 Å². The van der Waals surface area contributed by atoms with Crippen LogP contribution in [0.4, 0.5) is 0 Å². The van der Waals surface area contributed by atoms with E-state index in [0.29, 0.717) is 6.29 Å². The molecular formula is C10H17NO2. The molecule has 1 fully saturated rings. The van der Waals surface area contributed by atoms with E-state index in [9.17, 15) is 9.59 Å². The molecule has 3 heteroatoms. The van der Waals surface area contributed by atoms with E-state index in [4.69, 9.17) is 0 Å². The number of carbonyl (C=O) groups is 2. The first-order valence-corrected chi connectivity index (χ1v) is 4.65. The second-order valence-corrected chi connectivity index (χ2v) is 4.63. The van der Waals surface area contributed by atoms with Gasteiger partial charge in [0.25, 0.3) is 0 Å². The van der Waals surface area contributed by atoms with Crippen LogP contribution in [-0.4, -0.2) is 36.6 Å². The third-order valence-electron chi connectivity index (χ3n) is 2.86. The van der Waals surface area contributed by atoms with Crippen LogP contribution in [0.25, 0.3) is 0 Å². The molecule has 1 atom stereocenters. The van der Waals surface area contributed by atoms with Crippen LogP contribution in [-0.2, 0) is 9.59 Å². The van der Waals surface area contributed by atoms with Gasteiger partial charge in [-0.2, -0.15) is 0 Å². The van der Waals surface area contributed by atoms with E-state index in [2.05, 4.69) is 13.8 Å². The maximum Gasteiger partial charge on any atom is 0.212 e. The standard InChI is InChI=1S/C10H17NO2/c1-10(2)4-5-11(3)8(6-10)9(13)7-12/h7-8H,4-6H2,1-3H3. The van der Waals surface area contributed by atoms with Gasteiger partial charge in [-0.25, -0.2) is 0 Å². The molecule has 0 aromatic heterocycles. The fourth-order valence-corrected chi connectivity index (χ4v) is 1.81. The Balaban J connectivity index is 2.71. The highest BCUT2D eigenvalue weighted by Gasteiger charge is 2.34. The van der Waals surface area contributed by atoms with Gasteiger partial charge in [0.05, 0.1) is 6.04 Å². The minimum Gasteiger partial charge on any atom is -0.296 e. The van der Waals surface area contributed by atoms with Gasteiger partial charge >= 0.3 is 0 Å². The molecule has 1 aliphatic heterocycles. The molecule has 0 radical (unpaired) electrons. The van der Waals surface area contributed by atoms with Gasteiger partial charge in [-0.1, -0.05) is 13.8 Å². The lowest BCUT2D eigenvalue weighted by Gasteiger charge is -2.40. The Hall–Kier alpha value is -0.700. The van der Waals surface area contributed by atoms with E-state index in [1.807, 2.05) is 11.9 Å². The molecule has 1 rings (SSSR count). The van der Waals surface area contributed by atoms with Crippen molar-refractivity contribution in [2.45, 2.75) is 32.7 Å². The number of Topliss-reactive ketones (excluding diaryl/α,β-unsaturated/α-hetero) is 1. The first-order valence-electron chi connectivity index (χ1n) is 4.65. The molecule has 0 N–H and O–H groups in total. The Kier molecular flexibility index (Phi) is 2.86. The van der Waals surface area contributed by atoms with E-state index in [1.54, 1.807) is 0 Å². The van der Waals surface area contributed by atoms with Gasteiger partial charge in [-0.3, -0.25) is 14.5 Å². The number of ketones is 1. The van der Waals surface area contributed by atoms with Crippen molar-refractivity contribution in [2.75, 3.05) is 13.6 Å². The average molecular weight is 183 g/mol. The van der Waals surface area contributed by atoms with Crippen molar-refractivity contribution in [3.8, 4) is 0 Å². The third-order valence-corrected chi connectivity index (χ3v) is 2.86. The van der Waals surface area contributed by atoms with E-state index in [-0.39, 0.29) is 17.2 Å². The zero-order chi connectivity index (χ0) is 10.1. The summed E-state index contributed by atoms with van der Waals surface area (Å²) in [4.78, 5) is 23.6. The maximum atomic E-state index is 11.3. The van der Waals surface area contributed by atoms with E-state index in [0.717, 1.165) is 19.4 Å². The first kappa shape index (κ1) is 10.4. The first-order chi connectivity index (χ1) is 5.96. The van der Waals surface area contributed by atoms with Gasteiger partial charge in [-0.05, 0) is 31.8 Å². The molecule has 0 saturated carbocycles. The number of carbonyl (C=O) groups excluding carboxylic acids is 2. The maximum absolute atomic E-state index is 11.3. The summed E-state index contributed by atoms with van der Waals surface area (Å²) in [6.45, 7) is 5.19. The van der Waals surface area contributed by atoms with Crippen LogP contribution in [0, 0.1) is 5.41 Å². The van der Waals surface area contributed by atoms with Crippen molar-refractivity contribution in [3.63, 3.8) is 0 Å². The summed E-state index contributed by atoms with van der Waals surface area (Å²) >= 11 is 0. The van der Waals surface area contributed by atoms with Gasteiger partial charge in [0.1, 0.15) is 0 Å². The van der Waals surface area contributed by atoms with Crippen molar-refractivity contribution < 1.29 is 9.59 Å². The highest BCUT2D eigenvalue weighted by Crippen LogP contribution is 2.32. The van der Waals surface area contributed by atoms with E-state index < -0.39 is 0 Å². The van der Waals surface area contributed by atoms with Crippen LogP contribution >= 0.6 is 0 Å². The number of likely N-dealkylation sites (N-methyl/N-ethyl adjacent to an activating group) is 1. The summed E-state index contributed by atoms with van der Waals surface area (Å²) in [5.74, 6) is -0.282. The van der Waals surface area contributed by atoms with Crippen molar-refractivity contribution in [2.24, 2.45) is 5.41 Å². The Bertz CT molecular complexity index is 223. The molecule has 0 aromatic carbocycles. The minimum atomic E-state index is -0.282. The van der Waals surface area contributed by atoms with Crippen LogP contribution in [0.1, 0.15) is 26.7 Å². The number of hydrogen-bond acceptors (Lipinski definition) is 3. The molecule has 1 saturated heterocycles. The fraction of sp³-hybridized carbons (Fsp3) is 0.800. The number of nitrogens with zero attached hydrogens (tertiary/aromatic N) is 1. The molecule has 1 unspecified atom stereocenters. The predicted octanol–water partition coefficient (Wildman–Crippen LogP) is 0.875. The molecule has 0 bridgehead atoms. The molecule has 0 spiro atoms. The van der Waals surface area contributed by atoms with Crippen molar-refractivity contribution in [1.29, 1.82) is 0 Å². The molecule has 74 valence electrons. The highest BCUT2D eigenvalue weighted by molar-refractivity contribution is 6.27. The second-order valence-electron chi connectivity index (χ2n) is 4.63. The van der Waals surface area contributed by atoms with Crippen LogP contribution in [0.15, 0.2) is 0 Å². The minimum absolute atomic E-state index is 0.190. The average Bonchev–Trinajstić information content (AvgIpc) is 2.08. The van der Waals surface area contributed by atoms with E-state index >= 15 is 0 Å². The van der Waals surface area contributed by atoms with Crippen molar-refractivity contribution in [1.82, 2.24) is 4.90 Å². The molecule has 0 amide bonds.